The number of halogens is 1. The van der Waals surface area contributed by atoms with Crippen molar-refractivity contribution in [2.75, 3.05) is 11.6 Å². The maximum absolute atomic E-state index is 5.92. The first-order valence-electron chi connectivity index (χ1n) is 5.04. The highest BCUT2D eigenvalue weighted by molar-refractivity contribution is 6.17. The second-order valence-corrected chi connectivity index (χ2v) is 3.75. The third-order valence-electron chi connectivity index (χ3n) is 2.27. The summed E-state index contributed by atoms with van der Waals surface area (Å²) in [6.45, 7) is 0. The quantitative estimate of drug-likeness (QED) is 0.655. The van der Waals surface area contributed by atoms with Gasteiger partial charge in [-0.15, -0.1) is 11.6 Å². The smallest absolute Gasteiger partial charge is 0.0979 e. The molecule has 0 unspecified atom stereocenters. The van der Waals surface area contributed by atoms with Gasteiger partial charge in [0.05, 0.1) is 11.0 Å². The standard InChI is InChI=1S/C12H12ClN3/c13-6-2-1-3-9-10(14)4-5-11-12(9)16-8-7-15-11/h1,3-5,7-8H,2,6,14H2. The highest BCUT2D eigenvalue weighted by atomic mass is 35.5. The molecule has 2 N–H and O–H groups in total. The normalized spacial score (nSPS) is 11.3. The average molecular weight is 234 g/mol. The van der Waals surface area contributed by atoms with E-state index in [-0.39, 0.29) is 0 Å². The van der Waals surface area contributed by atoms with Crippen molar-refractivity contribution in [3.63, 3.8) is 0 Å². The molecule has 3 nitrogen and oxygen atoms in total. The summed E-state index contributed by atoms with van der Waals surface area (Å²) >= 11 is 5.62. The molecule has 1 aromatic carbocycles. The highest BCUT2D eigenvalue weighted by Crippen LogP contribution is 2.22. The molecule has 0 spiro atoms. The lowest BCUT2D eigenvalue weighted by molar-refractivity contribution is 1.24. The number of aromatic nitrogens is 2. The van der Waals surface area contributed by atoms with Crippen LogP contribution in [0.3, 0.4) is 0 Å². The summed E-state index contributed by atoms with van der Waals surface area (Å²) in [6.07, 6.45) is 8.10. The minimum atomic E-state index is 0.604. The molecule has 1 aromatic heterocycles. The number of anilines is 1. The first-order chi connectivity index (χ1) is 7.83. The summed E-state index contributed by atoms with van der Waals surface area (Å²) in [5.74, 6) is 0.604. The van der Waals surface area contributed by atoms with Gasteiger partial charge in [-0.05, 0) is 18.6 Å². The van der Waals surface area contributed by atoms with Gasteiger partial charge in [0, 0.05) is 29.5 Å². The Morgan fingerprint density at radius 1 is 1.25 bits per heavy atom. The molecule has 0 saturated heterocycles. The van der Waals surface area contributed by atoms with E-state index < -0.39 is 0 Å². The second kappa shape index (κ2) is 4.94. The van der Waals surface area contributed by atoms with Crippen LogP contribution >= 0.6 is 11.6 Å². The van der Waals surface area contributed by atoms with Crippen molar-refractivity contribution in [2.24, 2.45) is 0 Å². The van der Waals surface area contributed by atoms with Crippen LogP contribution in [-0.4, -0.2) is 15.8 Å². The third kappa shape index (κ3) is 2.14. The number of nitrogen functional groups attached to an aromatic ring is 1. The lowest BCUT2D eigenvalue weighted by Crippen LogP contribution is -1.93. The fourth-order valence-corrected chi connectivity index (χ4v) is 1.64. The van der Waals surface area contributed by atoms with Crippen LogP contribution in [0.1, 0.15) is 12.0 Å². The predicted molar refractivity (Wildman–Crippen MR) is 68.3 cm³/mol. The Balaban J connectivity index is 2.52. The van der Waals surface area contributed by atoms with E-state index in [0.717, 1.165) is 23.0 Å². The highest BCUT2D eigenvalue weighted by Gasteiger charge is 2.03. The first-order valence-corrected chi connectivity index (χ1v) is 5.58. The Morgan fingerprint density at radius 3 is 2.88 bits per heavy atom. The monoisotopic (exact) mass is 233 g/mol. The molecule has 0 amide bonds. The van der Waals surface area contributed by atoms with Gasteiger partial charge in [-0.2, -0.15) is 0 Å². The Hall–Kier alpha value is -1.61. The largest absolute Gasteiger partial charge is 0.398 e. The van der Waals surface area contributed by atoms with Crippen LogP contribution < -0.4 is 5.73 Å². The van der Waals surface area contributed by atoms with Gasteiger partial charge in [0.2, 0.25) is 0 Å². The lowest BCUT2D eigenvalue weighted by Gasteiger charge is -2.03. The molecule has 0 saturated carbocycles. The summed E-state index contributed by atoms with van der Waals surface area (Å²) in [7, 11) is 0. The molecule has 2 rings (SSSR count). The molecular formula is C12H12ClN3. The fourth-order valence-electron chi connectivity index (χ4n) is 1.51. The summed E-state index contributed by atoms with van der Waals surface area (Å²) in [5, 5.41) is 0. The zero-order valence-corrected chi connectivity index (χ0v) is 9.48. The van der Waals surface area contributed by atoms with Crippen molar-refractivity contribution in [3.05, 3.63) is 36.2 Å². The number of rotatable bonds is 3. The number of nitrogens with two attached hydrogens (primary N) is 1. The second-order valence-electron chi connectivity index (χ2n) is 3.37. The van der Waals surface area contributed by atoms with Crippen LogP contribution in [0.15, 0.2) is 30.6 Å². The van der Waals surface area contributed by atoms with E-state index in [2.05, 4.69) is 9.97 Å². The van der Waals surface area contributed by atoms with Crippen LogP contribution in [-0.2, 0) is 0 Å². The molecule has 4 heteroatoms. The Labute approximate surface area is 99.0 Å². The van der Waals surface area contributed by atoms with Gasteiger partial charge in [0.15, 0.2) is 0 Å². The van der Waals surface area contributed by atoms with Gasteiger partial charge in [-0.3, -0.25) is 9.97 Å². The predicted octanol–water partition coefficient (Wildman–Crippen LogP) is 2.85. The van der Waals surface area contributed by atoms with Gasteiger partial charge >= 0.3 is 0 Å². The van der Waals surface area contributed by atoms with Gasteiger partial charge in [0.1, 0.15) is 0 Å². The van der Waals surface area contributed by atoms with Crippen LogP contribution in [0.4, 0.5) is 5.69 Å². The fraction of sp³-hybridized carbons (Fsp3) is 0.167. The number of fused-ring (bicyclic) bond motifs is 1. The molecule has 0 aliphatic carbocycles. The Morgan fingerprint density at radius 2 is 2.06 bits per heavy atom. The van der Waals surface area contributed by atoms with Gasteiger partial charge < -0.3 is 5.73 Å². The lowest BCUT2D eigenvalue weighted by atomic mass is 10.1. The number of hydrogen-bond donors (Lipinski definition) is 1. The maximum atomic E-state index is 5.92. The zero-order chi connectivity index (χ0) is 11.4. The van der Waals surface area contributed by atoms with E-state index in [1.165, 1.54) is 0 Å². The molecule has 0 fully saturated rings. The van der Waals surface area contributed by atoms with E-state index in [9.17, 15) is 0 Å². The molecule has 0 radical (unpaired) electrons. The summed E-state index contributed by atoms with van der Waals surface area (Å²) in [4.78, 5) is 8.53. The number of hydrogen-bond acceptors (Lipinski definition) is 3. The Bertz CT molecular complexity index is 523. The van der Waals surface area contributed by atoms with Crippen molar-refractivity contribution in [1.82, 2.24) is 9.97 Å². The SMILES string of the molecule is Nc1ccc2nccnc2c1C=CCCCl. The molecule has 0 bridgehead atoms. The number of allylic oxidation sites excluding steroid dienone is 1. The molecule has 2 aromatic rings. The van der Waals surface area contributed by atoms with Gasteiger partial charge in [0.25, 0.3) is 0 Å². The molecule has 16 heavy (non-hydrogen) atoms. The molecule has 82 valence electrons. The molecule has 0 atom stereocenters. The minimum absolute atomic E-state index is 0.604. The van der Waals surface area contributed by atoms with E-state index in [1.54, 1.807) is 12.4 Å². The minimum Gasteiger partial charge on any atom is -0.398 e. The molecule has 0 aliphatic rings. The summed E-state index contributed by atoms with van der Waals surface area (Å²) < 4.78 is 0. The van der Waals surface area contributed by atoms with Gasteiger partial charge in [-0.1, -0.05) is 12.2 Å². The number of nitrogens with zero attached hydrogens (tertiary/aromatic N) is 2. The zero-order valence-electron chi connectivity index (χ0n) is 8.73. The van der Waals surface area contributed by atoms with Crippen molar-refractivity contribution >= 4 is 34.4 Å². The van der Waals surface area contributed by atoms with E-state index >= 15 is 0 Å². The average Bonchev–Trinajstić information content (AvgIpc) is 2.32. The third-order valence-corrected chi connectivity index (χ3v) is 2.49. The van der Waals surface area contributed by atoms with Gasteiger partial charge in [-0.25, -0.2) is 0 Å². The first kappa shape index (κ1) is 10.9. The van der Waals surface area contributed by atoms with E-state index in [4.69, 9.17) is 17.3 Å². The molecule has 1 heterocycles. The maximum Gasteiger partial charge on any atom is 0.0979 e. The van der Waals surface area contributed by atoms with Crippen LogP contribution in [0, 0.1) is 0 Å². The van der Waals surface area contributed by atoms with Crippen LogP contribution in [0.2, 0.25) is 0 Å². The van der Waals surface area contributed by atoms with E-state index in [0.29, 0.717) is 11.6 Å². The number of benzene rings is 1. The van der Waals surface area contributed by atoms with Crippen molar-refractivity contribution in [2.45, 2.75) is 6.42 Å². The van der Waals surface area contributed by atoms with Crippen LogP contribution in [0.25, 0.3) is 17.1 Å². The molecular weight excluding hydrogens is 222 g/mol. The van der Waals surface area contributed by atoms with Crippen molar-refractivity contribution < 1.29 is 0 Å². The summed E-state index contributed by atoms with van der Waals surface area (Å²) in [5.41, 5.74) is 9.21. The molecule has 0 aliphatic heterocycles. The Kier molecular flexibility index (Phi) is 3.37. The topological polar surface area (TPSA) is 51.8 Å². The number of alkyl halides is 1. The van der Waals surface area contributed by atoms with E-state index in [1.807, 2.05) is 24.3 Å². The van der Waals surface area contributed by atoms with Crippen molar-refractivity contribution in [1.29, 1.82) is 0 Å². The van der Waals surface area contributed by atoms with Crippen molar-refractivity contribution in [3.8, 4) is 0 Å². The summed E-state index contributed by atoms with van der Waals surface area (Å²) in [6, 6.07) is 3.72. The van der Waals surface area contributed by atoms with Crippen LogP contribution in [0.5, 0.6) is 0 Å².